The van der Waals surface area contributed by atoms with E-state index in [1.165, 1.54) is 5.56 Å². The van der Waals surface area contributed by atoms with Crippen LogP contribution in [-0.2, 0) is 6.42 Å². The number of allylic oxidation sites excluding steroid dienone is 1. The Hall–Kier alpha value is -0.760. The van der Waals surface area contributed by atoms with Crippen molar-refractivity contribution in [3.8, 4) is 5.75 Å². The van der Waals surface area contributed by atoms with Gasteiger partial charge in [0.2, 0.25) is 0 Å². The van der Waals surface area contributed by atoms with Crippen LogP contribution in [0.15, 0.2) is 36.9 Å². The highest BCUT2D eigenvalue weighted by Gasteiger charge is 2.13. The normalized spacial score (nSPS) is 12.5. The summed E-state index contributed by atoms with van der Waals surface area (Å²) in [7, 11) is 0. The van der Waals surface area contributed by atoms with Crippen LogP contribution in [-0.4, -0.2) is 11.9 Å². The number of benzene rings is 1. The third-order valence-electron chi connectivity index (χ3n) is 2.93. The van der Waals surface area contributed by atoms with E-state index in [2.05, 4.69) is 42.4 Å². The highest BCUT2D eigenvalue weighted by molar-refractivity contribution is 9.09. The maximum atomic E-state index is 5.93. The Morgan fingerprint density at radius 3 is 2.65 bits per heavy atom. The van der Waals surface area contributed by atoms with Crippen molar-refractivity contribution < 1.29 is 4.74 Å². The van der Waals surface area contributed by atoms with Crippen molar-refractivity contribution in [1.29, 1.82) is 0 Å². The lowest BCUT2D eigenvalue weighted by molar-refractivity contribution is 0.226. The standard InChI is InChI=1S/C15H21BrO/c1-4-7-13-8-5-6-9-15(13)17-11-14(10-16)12(2)3/h4-6,8-9,12,14H,1,7,10-11H2,2-3H3. The van der Waals surface area contributed by atoms with Gasteiger partial charge in [0.25, 0.3) is 0 Å². The summed E-state index contributed by atoms with van der Waals surface area (Å²) in [4.78, 5) is 0. The molecule has 0 aliphatic rings. The summed E-state index contributed by atoms with van der Waals surface area (Å²) in [5.74, 6) is 2.16. The molecular formula is C15H21BrO. The van der Waals surface area contributed by atoms with Gasteiger partial charge in [-0.25, -0.2) is 0 Å². The fourth-order valence-electron chi connectivity index (χ4n) is 1.58. The molecule has 1 aromatic carbocycles. The van der Waals surface area contributed by atoms with Gasteiger partial charge in [-0.3, -0.25) is 0 Å². The number of para-hydroxylation sites is 1. The third kappa shape index (κ3) is 4.55. The summed E-state index contributed by atoms with van der Waals surface area (Å²) in [6.45, 7) is 8.99. The Kier molecular flexibility index (Phi) is 6.35. The Balaban J connectivity index is 2.64. The smallest absolute Gasteiger partial charge is 0.122 e. The maximum Gasteiger partial charge on any atom is 0.122 e. The van der Waals surface area contributed by atoms with Gasteiger partial charge >= 0.3 is 0 Å². The molecule has 94 valence electrons. The largest absolute Gasteiger partial charge is 0.493 e. The SMILES string of the molecule is C=CCc1ccccc1OCC(CBr)C(C)C. The second kappa shape index (κ2) is 7.54. The molecule has 2 heteroatoms. The van der Waals surface area contributed by atoms with E-state index in [0.717, 1.165) is 24.1 Å². The number of hydrogen-bond acceptors (Lipinski definition) is 1. The van der Waals surface area contributed by atoms with Crippen LogP contribution in [0.5, 0.6) is 5.75 Å². The lowest BCUT2D eigenvalue weighted by atomic mass is 9.99. The minimum Gasteiger partial charge on any atom is -0.493 e. The van der Waals surface area contributed by atoms with Crippen molar-refractivity contribution in [2.75, 3.05) is 11.9 Å². The minimum atomic E-state index is 0.548. The molecule has 0 spiro atoms. The molecule has 1 rings (SSSR count). The molecule has 0 radical (unpaired) electrons. The summed E-state index contributed by atoms with van der Waals surface area (Å²) in [5.41, 5.74) is 1.21. The number of alkyl halides is 1. The zero-order chi connectivity index (χ0) is 12.7. The average Bonchev–Trinajstić information content (AvgIpc) is 2.32. The van der Waals surface area contributed by atoms with Crippen LogP contribution in [0.4, 0.5) is 0 Å². The van der Waals surface area contributed by atoms with Crippen molar-refractivity contribution in [3.05, 3.63) is 42.5 Å². The van der Waals surface area contributed by atoms with Crippen molar-refractivity contribution in [1.82, 2.24) is 0 Å². The Morgan fingerprint density at radius 1 is 1.35 bits per heavy atom. The van der Waals surface area contributed by atoms with E-state index in [-0.39, 0.29) is 0 Å². The summed E-state index contributed by atoms with van der Waals surface area (Å²) in [6.07, 6.45) is 2.77. The van der Waals surface area contributed by atoms with E-state index in [1.807, 2.05) is 24.3 Å². The molecule has 0 aliphatic heterocycles. The second-order valence-corrected chi connectivity index (χ2v) is 5.22. The number of halogens is 1. The van der Waals surface area contributed by atoms with Crippen LogP contribution in [0.2, 0.25) is 0 Å². The number of hydrogen-bond donors (Lipinski definition) is 0. The molecule has 1 atom stereocenters. The van der Waals surface area contributed by atoms with Crippen LogP contribution in [0, 0.1) is 11.8 Å². The van der Waals surface area contributed by atoms with Crippen LogP contribution in [0.25, 0.3) is 0 Å². The van der Waals surface area contributed by atoms with Crippen molar-refractivity contribution in [2.24, 2.45) is 11.8 Å². The predicted molar refractivity (Wildman–Crippen MR) is 78.0 cm³/mol. The van der Waals surface area contributed by atoms with E-state index in [1.54, 1.807) is 0 Å². The van der Waals surface area contributed by atoms with E-state index < -0.39 is 0 Å². The molecule has 1 aromatic rings. The lowest BCUT2D eigenvalue weighted by Crippen LogP contribution is -2.19. The van der Waals surface area contributed by atoms with E-state index in [9.17, 15) is 0 Å². The van der Waals surface area contributed by atoms with Gasteiger partial charge in [-0.05, 0) is 24.0 Å². The first-order chi connectivity index (χ1) is 8.19. The molecule has 1 unspecified atom stereocenters. The Morgan fingerprint density at radius 2 is 2.06 bits per heavy atom. The molecule has 0 bridgehead atoms. The monoisotopic (exact) mass is 296 g/mol. The van der Waals surface area contributed by atoms with Gasteiger partial charge in [-0.2, -0.15) is 0 Å². The average molecular weight is 297 g/mol. The summed E-state index contributed by atoms with van der Waals surface area (Å²) in [6, 6.07) is 8.18. The van der Waals surface area contributed by atoms with Gasteiger partial charge in [-0.15, -0.1) is 6.58 Å². The van der Waals surface area contributed by atoms with Gasteiger partial charge in [0.1, 0.15) is 5.75 Å². The van der Waals surface area contributed by atoms with E-state index in [4.69, 9.17) is 4.74 Å². The van der Waals surface area contributed by atoms with Gasteiger partial charge in [0, 0.05) is 11.2 Å². The number of rotatable bonds is 7. The van der Waals surface area contributed by atoms with Gasteiger partial charge < -0.3 is 4.74 Å². The highest BCUT2D eigenvalue weighted by atomic mass is 79.9. The summed E-state index contributed by atoms with van der Waals surface area (Å²) >= 11 is 3.54. The zero-order valence-corrected chi connectivity index (χ0v) is 12.2. The summed E-state index contributed by atoms with van der Waals surface area (Å²) < 4.78 is 5.93. The van der Waals surface area contributed by atoms with Gasteiger partial charge in [0.15, 0.2) is 0 Å². The van der Waals surface area contributed by atoms with Crippen molar-refractivity contribution >= 4 is 15.9 Å². The van der Waals surface area contributed by atoms with E-state index >= 15 is 0 Å². The predicted octanol–water partition coefficient (Wildman–Crippen LogP) is 4.46. The molecule has 0 aliphatic carbocycles. The topological polar surface area (TPSA) is 9.23 Å². The van der Waals surface area contributed by atoms with Crippen LogP contribution >= 0.6 is 15.9 Å². The summed E-state index contributed by atoms with van der Waals surface area (Å²) in [5, 5.41) is 0.980. The molecule has 0 N–H and O–H groups in total. The minimum absolute atomic E-state index is 0.548. The molecule has 0 fully saturated rings. The zero-order valence-electron chi connectivity index (χ0n) is 10.7. The Labute approximate surface area is 113 Å². The highest BCUT2D eigenvalue weighted by Crippen LogP contribution is 2.21. The van der Waals surface area contributed by atoms with Crippen molar-refractivity contribution in [2.45, 2.75) is 20.3 Å². The first-order valence-electron chi connectivity index (χ1n) is 6.06. The molecule has 0 saturated carbocycles. The first kappa shape index (κ1) is 14.3. The molecule has 17 heavy (non-hydrogen) atoms. The molecule has 0 amide bonds. The fraction of sp³-hybridized carbons (Fsp3) is 0.467. The molecule has 0 heterocycles. The Bertz CT molecular complexity index is 347. The van der Waals surface area contributed by atoms with Crippen LogP contribution < -0.4 is 4.74 Å². The maximum absolute atomic E-state index is 5.93. The van der Waals surface area contributed by atoms with Gasteiger partial charge in [0.05, 0.1) is 6.61 Å². The van der Waals surface area contributed by atoms with Crippen molar-refractivity contribution in [3.63, 3.8) is 0 Å². The number of ether oxygens (including phenoxy) is 1. The molecular weight excluding hydrogens is 276 g/mol. The first-order valence-corrected chi connectivity index (χ1v) is 7.18. The van der Waals surface area contributed by atoms with Gasteiger partial charge in [-0.1, -0.05) is 54.1 Å². The third-order valence-corrected chi connectivity index (χ3v) is 3.76. The van der Waals surface area contributed by atoms with Crippen LogP contribution in [0.1, 0.15) is 19.4 Å². The molecule has 0 aromatic heterocycles. The fourth-order valence-corrected chi connectivity index (χ4v) is 2.52. The van der Waals surface area contributed by atoms with E-state index in [0.29, 0.717) is 11.8 Å². The lowest BCUT2D eigenvalue weighted by Gasteiger charge is -2.19. The molecule has 1 nitrogen and oxygen atoms in total. The quantitative estimate of drug-likeness (QED) is 0.533. The second-order valence-electron chi connectivity index (χ2n) is 4.57. The van der Waals surface area contributed by atoms with Crippen LogP contribution in [0.3, 0.4) is 0 Å². The molecule has 0 saturated heterocycles.